The van der Waals surface area contributed by atoms with Gasteiger partial charge in [0, 0.05) is 38.0 Å². The second kappa shape index (κ2) is 13.6. The van der Waals surface area contributed by atoms with Crippen LogP contribution in [0.25, 0.3) is 0 Å². The minimum Gasteiger partial charge on any atom is -0.468 e. The summed E-state index contributed by atoms with van der Waals surface area (Å²) < 4.78 is 23.2. The third kappa shape index (κ3) is 6.59. The summed E-state index contributed by atoms with van der Waals surface area (Å²) >= 11 is 0. The molecule has 0 spiro atoms. The van der Waals surface area contributed by atoms with E-state index in [1.165, 1.54) is 27.9 Å². The van der Waals surface area contributed by atoms with Crippen LogP contribution in [0.2, 0.25) is 0 Å². The van der Waals surface area contributed by atoms with Crippen molar-refractivity contribution in [2.24, 2.45) is 45.3 Å². The number of methoxy groups -OCH3 is 1. The average Bonchev–Trinajstić information content (AvgIpc) is 3.35. The fourth-order valence-electron chi connectivity index (χ4n) is 11.9. The summed E-state index contributed by atoms with van der Waals surface area (Å²) in [6.07, 6.45) is 7.10. The van der Waals surface area contributed by atoms with Crippen molar-refractivity contribution >= 4 is 23.9 Å². The number of aliphatic hydroxyl groups excluding tert-OH is 1. The molecule has 4 aliphatic rings. The molecule has 0 aromatic heterocycles. The summed E-state index contributed by atoms with van der Waals surface area (Å²) in [5.74, 6) is -0.773. The summed E-state index contributed by atoms with van der Waals surface area (Å²) in [4.78, 5) is 49.4. The Balaban J connectivity index is 1.67. The Bertz CT molecular complexity index is 1200. The second-order valence-electron chi connectivity index (χ2n) is 16.7. The van der Waals surface area contributed by atoms with E-state index >= 15 is 0 Å². The van der Waals surface area contributed by atoms with Gasteiger partial charge in [-0.1, -0.05) is 34.6 Å². The van der Waals surface area contributed by atoms with Crippen molar-refractivity contribution in [2.75, 3.05) is 20.3 Å². The Morgan fingerprint density at radius 1 is 0.872 bits per heavy atom. The van der Waals surface area contributed by atoms with Crippen molar-refractivity contribution in [1.29, 1.82) is 0 Å². The van der Waals surface area contributed by atoms with Crippen molar-refractivity contribution in [3.63, 3.8) is 0 Å². The van der Waals surface area contributed by atoms with E-state index in [1.54, 1.807) is 0 Å². The number of ether oxygens (including phenoxy) is 4. The third-order valence-corrected chi connectivity index (χ3v) is 14.0. The first-order chi connectivity index (χ1) is 21.8. The zero-order valence-corrected chi connectivity index (χ0v) is 30.5. The van der Waals surface area contributed by atoms with Gasteiger partial charge in [-0.15, -0.1) is 0 Å². The average molecular weight is 664 g/mol. The van der Waals surface area contributed by atoms with Gasteiger partial charge in [0.15, 0.2) is 0 Å². The van der Waals surface area contributed by atoms with Crippen LogP contribution in [-0.4, -0.2) is 73.1 Å². The lowest BCUT2D eigenvalue weighted by atomic mass is 9.35. The molecule has 0 aliphatic heterocycles. The molecule has 0 saturated heterocycles. The highest BCUT2D eigenvalue weighted by Gasteiger charge is 2.72. The molecule has 4 fully saturated rings. The second-order valence-corrected chi connectivity index (χ2v) is 16.7. The minimum absolute atomic E-state index is 0.00392. The molecule has 5 unspecified atom stereocenters. The number of hydrogen-bond acceptors (Lipinski definition) is 10. The molecule has 0 amide bonds. The molecule has 10 heteroatoms. The largest absolute Gasteiger partial charge is 0.468 e. The van der Waals surface area contributed by atoms with Crippen molar-refractivity contribution in [1.82, 2.24) is 5.32 Å². The van der Waals surface area contributed by atoms with Gasteiger partial charge in [0.1, 0.15) is 23.9 Å². The first-order valence-electron chi connectivity index (χ1n) is 17.8. The molecule has 0 aromatic carbocycles. The minimum atomic E-state index is -0.817. The number of carbonyl (C=O) groups is 4. The van der Waals surface area contributed by atoms with Gasteiger partial charge in [0.05, 0.1) is 13.7 Å². The van der Waals surface area contributed by atoms with Crippen molar-refractivity contribution in [3.05, 3.63) is 0 Å². The van der Waals surface area contributed by atoms with Gasteiger partial charge in [0.2, 0.25) is 0 Å². The Labute approximate surface area is 281 Å². The molecule has 10 nitrogen and oxygen atoms in total. The summed E-state index contributed by atoms with van der Waals surface area (Å²) in [7, 11) is 1.29. The highest BCUT2D eigenvalue weighted by Crippen LogP contribution is 2.76. The SMILES string of the molecule is COC(=O)[C@H](CO)NCCCC(C)(OC(C)=O)C1CC[C@]2(C)[C@@H]1C(OC(C)=O)CC1[C@@]3(C)CC[C@H](OC(C)=O)C(C)(C)C3CC[C@]12C. The lowest BCUT2D eigenvalue weighted by Crippen LogP contribution is -2.67. The molecular weight excluding hydrogens is 602 g/mol. The number of hydrogen-bond donors (Lipinski definition) is 2. The normalized spacial score (nSPS) is 39.2. The van der Waals surface area contributed by atoms with Gasteiger partial charge in [-0.2, -0.15) is 0 Å². The van der Waals surface area contributed by atoms with Crippen LogP contribution >= 0.6 is 0 Å². The summed E-state index contributed by atoms with van der Waals surface area (Å²) in [5.41, 5.74) is -1.23. The van der Waals surface area contributed by atoms with E-state index < -0.39 is 17.6 Å². The number of esters is 4. The van der Waals surface area contributed by atoms with Crippen LogP contribution in [0, 0.1) is 45.3 Å². The molecule has 0 heterocycles. The van der Waals surface area contributed by atoms with Gasteiger partial charge >= 0.3 is 23.9 Å². The molecule has 4 saturated carbocycles. The molecule has 11 atom stereocenters. The lowest BCUT2D eigenvalue weighted by molar-refractivity contribution is -0.253. The summed E-state index contributed by atoms with van der Waals surface area (Å²) in [5, 5.41) is 12.7. The van der Waals surface area contributed by atoms with E-state index in [2.05, 4.69) is 39.9 Å². The molecule has 0 aromatic rings. The van der Waals surface area contributed by atoms with Crippen LogP contribution in [0.3, 0.4) is 0 Å². The number of rotatable bonds is 11. The monoisotopic (exact) mass is 663 g/mol. The Hall–Kier alpha value is -2.20. The highest BCUT2D eigenvalue weighted by molar-refractivity contribution is 5.75. The summed E-state index contributed by atoms with van der Waals surface area (Å²) in [6.45, 7) is 18.4. The van der Waals surface area contributed by atoms with Gasteiger partial charge in [-0.3, -0.25) is 19.2 Å². The quantitative estimate of drug-likeness (QED) is 0.169. The molecular formula is C37H61NO9. The smallest absolute Gasteiger partial charge is 0.325 e. The van der Waals surface area contributed by atoms with E-state index in [9.17, 15) is 24.3 Å². The number of aliphatic hydroxyl groups is 1. The first-order valence-corrected chi connectivity index (χ1v) is 17.8. The van der Waals surface area contributed by atoms with Crippen LogP contribution in [-0.2, 0) is 38.1 Å². The lowest BCUT2D eigenvalue weighted by Gasteiger charge is -2.70. The van der Waals surface area contributed by atoms with Crippen LogP contribution in [0.4, 0.5) is 0 Å². The molecule has 0 radical (unpaired) electrons. The highest BCUT2D eigenvalue weighted by atomic mass is 16.6. The maximum atomic E-state index is 12.8. The van der Waals surface area contributed by atoms with Crippen LogP contribution in [0.5, 0.6) is 0 Å². The van der Waals surface area contributed by atoms with E-state index in [0.29, 0.717) is 31.2 Å². The fourth-order valence-corrected chi connectivity index (χ4v) is 11.9. The topological polar surface area (TPSA) is 137 Å². The van der Waals surface area contributed by atoms with E-state index in [1.807, 2.05) is 6.92 Å². The third-order valence-electron chi connectivity index (χ3n) is 14.0. The first kappa shape index (κ1) is 37.6. The van der Waals surface area contributed by atoms with Gasteiger partial charge in [-0.25, -0.2) is 0 Å². The van der Waals surface area contributed by atoms with Crippen molar-refractivity contribution in [3.8, 4) is 0 Å². The van der Waals surface area contributed by atoms with E-state index in [4.69, 9.17) is 18.9 Å². The zero-order valence-electron chi connectivity index (χ0n) is 30.5. The predicted octanol–water partition coefficient (Wildman–Crippen LogP) is 5.37. The van der Waals surface area contributed by atoms with E-state index in [-0.39, 0.29) is 70.2 Å². The Kier molecular flexibility index (Phi) is 10.9. The summed E-state index contributed by atoms with van der Waals surface area (Å²) in [6, 6.07) is -0.816. The van der Waals surface area contributed by atoms with Crippen LogP contribution in [0.1, 0.15) is 120 Å². The van der Waals surface area contributed by atoms with E-state index in [0.717, 1.165) is 44.9 Å². The maximum absolute atomic E-state index is 12.8. The van der Waals surface area contributed by atoms with Gasteiger partial charge < -0.3 is 29.4 Å². The number of nitrogens with one attached hydrogen (secondary N) is 1. The molecule has 47 heavy (non-hydrogen) atoms. The zero-order chi connectivity index (χ0) is 35.2. The predicted molar refractivity (Wildman–Crippen MR) is 176 cm³/mol. The molecule has 4 aliphatic carbocycles. The van der Waals surface area contributed by atoms with Gasteiger partial charge in [0.25, 0.3) is 0 Å². The van der Waals surface area contributed by atoms with Crippen molar-refractivity contribution < 1.29 is 43.2 Å². The molecule has 4 rings (SSSR count). The number of carbonyl (C=O) groups excluding carboxylic acids is 4. The fraction of sp³-hybridized carbons (Fsp3) is 0.892. The standard InChI is InChI=1S/C37H61NO9/c1-22(40)45-27-20-29-34(6)16-14-30(46-23(2)41)33(4,5)28(34)13-18-35(29,7)36(8)17-12-25(31(27)36)37(9,47-24(3)42)15-11-19-38-26(21-39)32(43)44-10/h25-31,38-39H,11-21H2,1-10H3/t25?,26-,27?,28?,29?,30-,31-,34-,35+,36+,37?/m0/s1. The Morgan fingerprint density at radius 2 is 1.51 bits per heavy atom. The van der Waals surface area contributed by atoms with Crippen molar-refractivity contribution in [2.45, 2.75) is 144 Å². The van der Waals surface area contributed by atoms with Crippen LogP contribution in [0.15, 0.2) is 0 Å². The molecule has 268 valence electrons. The molecule has 2 N–H and O–H groups in total. The van der Waals surface area contributed by atoms with Gasteiger partial charge in [-0.05, 0) is 99.3 Å². The van der Waals surface area contributed by atoms with Crippen LogP contribution < -0.4 is 5.32 Å². The molecule has 0 bridgehead atoms. The Morgan fingerprint density at radius 3 is 2.09 bits per heavy atom. The maximum Gasteiger partial charge on any atom is 0.325 e. The number of fused-ring (bicyclic) bond motifs is 5.